The summed E-state index contributed by atoms with van der Waals surface area (Å²) in [5.41, 5.74) is 0.00261. The minimum atomic E-state index is -1.17. The fourth-order valence-electron chi connectivity index (χ4n) is 1.41. The molecular weight excluding hydrogens is 258 g/mol. The highest BCUT2D eigenvalue weighted by molar-refractivity contribution is 7.12. The Morgan fingerprint density at radius 1 is 1.17 bits per heavy atom. The summed E-state index contributed by atoms with van der Waals surface area (Å²) >= 11 is 0.976. The number of thiophene rings is 1. The molecule has 0 bridgehead atoms. The molecule has 18 heavy (non-hydrogen) atoms. The summed E-state index contributed by atoms with van der Waals surface area (Å²) in [4.78, 5) is 35.5. The lowest BCUT2D eigenvalue weighted by Crippen LogP contribution is -2.11. The molecule has 0 aliphatic rings. The molecule has 2 heterocycles. The number of rotatable bonds is 3. The van der Waals surface area contributed by atoms with Crippen LogP contribution >= 0.6 is 11.3 Å². The number of H-pyrrole nitrogens is 1. The van der Waals surface area contributed by atoms with Gasteiger partial charge >= 0.3 is 11.9 Å². The standard InChI is InChI=1S/C11H7NO5S/c13-9-7(1-5(3-12-9)10(14)15)6-2-8(11(16)17)18-4-6/h1-4H,(H,12,13)(H,14,15)(H,16,17). The van der Waals surface area contributed by atoms with Crippen LogP contribution in [0.2, 0.25) is 0 Å². The highest BCUT2D eigenvalue weighted by atomic mass is 32.1. The highest BCUT2D eigenvalue weighted by Crippen LogP contribution is 2.23. The number of carboxylic acids is 2. The lowest BCUT2D eigenvalue weighted by molar-refractivity contribution is 0.0688. The van der Waals surface area contributed by atoms with Crippen molar-refractivity contribution < 1.29 is 19.8 Å². The fourth-order valence-corrected chi connectivity index (χ4v) is 2.16. The van der Waals surface area contributed by atoms with Crippen LogP contribution in [-0.2, 0) is 0 Å². The Morgan fingerprint density at radius 3 is 2.44 bits per heavy atom. The third-order valence-corrected chi connectivity index (χ3v) is 3.19. The van der Waals surface area contributed by atoms with Gasteiger partial charge in [-0.25, -0.2) is 9.59 Å². The monoisotopic (exact) mass is 265 g/mol. The van der Waals surface area contributed by atoms with Crippen molar-refractivity contribution in [1.29, 1.82) is 0 Å². The van der Waals surface area contributed by atoms with Crippen LogP contribution in [0.5, 0.6) is 0 Å². The van der Waals surface area contributed by atoms with E-state index < -0.39 is 17.5 Å². The van der Waals surface area contributed by atoms with Gasteiger partial charge in [0.15, 0.2) is 0 Å². The molecule has 0 spiro atoms. The maximum Gasteiger partial charge on any atom is 0.345 e. The summed E-state index contributed by atoms with van der Waals surface area (Å²) in [6.07, 6.45) is 1.10. The first kappa shape index (κ1) is 12.1. The summed E-state index contributed by atoms with van der Waals surface area (Å²) in [7, 11) is 0. The van der Waals surface area contributed by atoms with Crippen LogP contribution in [0.4, 0.5) is 0 Å². The Kier molecular flexibility index (Phi) is 2.99. The molecule has 0 aliphatic heterocycles. The average molecular weight is 265 g/mol. The van der Waals surface area contributed by atoms with E-state index in [4.69, 9.17) is 10.2 Å². The second-order valence-corrected chi connectivity index (χ2v) is 4.35. The van der Waals surface area contributed by atoms with Gasteiger partial charge in [-0.05, 0) is 23.1 Å². The molecule has 7 heteroatoms. The van der Waals surface area contributed by atoms with E-state index in [1.54, 1.807) is 0 Å². The number of carbonyl (C=O) groups is 2. The molecule has 2 aromatic heterocycles. The van der Waals surface area contributed by atoms with Gasteiger partial charge in [0.1, 0.15) is 4.88 Å². The second-order valence-electron chi connectivity index (χ2n) is 3.44. The molecule has 6 nitrogen and oxygen atoms in total. The Hall–Kier alpha value is -2.41. The molecule has 3 N–H and O–H groups in total. The van der Waals surface area contributed by atoms with Crippen molar-refractivity contribution in [2.45, 2.75) is 0 Å². The molecule has 2 aromatic rings. The van der Waals surface area contributed by atoms with Crippen molar-refractivity contribution in [1.82, 2.24) is 4.98 Å². The summed E-state index contributed by atoms with van der Waals surface area (Å²) in [6.45, 7) is 0. The number of hydrogen-bond donors (Lipinski definition) is 3. The van der Waals surface area contributed by atoms with E-state index >= 15 is 0 Å². The van der Waals surface area contributed by atoms with E-state index in [1.807, 2.05) is 0 Å². The van der Waals surface area contributed by atoms with E-state index in [0.717, 1.165) is 17.5 Å². The smallest absolute Gasteiger partial charge is 0.345 e. The van der Waals surface area contributed by atoms with Crippen LogP contribution < -0.4 is 5.56 Å². The van der Waals surface area contributed by atoms with Crippen LogP contribution in [0.15, 0.2) is 28.5 Å². The van der Waals surface area contributed by atoms with Gasteiger partial charge in [0, 0.05) is 11.8 Å². The normalized spacial score (nSPS) is 10.2. The van der Waals surface area contributed by atoms with E-state index in [0.29, 0.717) is 5.56 Å². The number of nitrogens with one attached hydrogen (secondary N) is 1. The van der Waals surface area contributed by atoms with E-state index in [2.05, 4.69) is 4.98 Å². The van der Waals surface area contributed by atoms with Gasteiger partial charge in [-0.3, -0.25) is 4.79 Å². The number of aromatic nitrogens is 1. The van der Waals surface area contributed by atoms with Crippen LogP contribution in [-0.4, -0.2) is 27.1 Å². The first-order valence-corrected chi connectivity index (χ1v) is 5.65. The molecule has 0 radical (unpaired) electrons. The Morgan fingerprint density at radius 2 is 1.89 bits per heavy atom. The van der Waals surface area contributed by atoms with Crippen LogP contribution in [0.3, 0.4) is 0 Å². The zero-order valence-electron chi connectivity index (χ0n) is 8.84. The molecule has 92 valence electrons. The van der Waals surface area contributed by atoms with E-state index in [1.165, 1.54) is 17.5 Å². The topological polar surface area (TPSA) is 107 Å². The van der Waals surface area contributed by atoms with Gasteiger partial charge in [-0.1, -0.05) is 0 Å². The van der Waals surface area contributed by atoms with Gasteiger partial charge in [0.25, 0.3) is 5.56 Å². The second kappa shape index (κ2) is 4.46. The number of hydrogen-bond acceptors (Lipinski definition) is 4. The predicted molar refractivity (Wildman–Crippen MR) is 64.3 cm³/mol. The summed E-state index contributed by atoms with van der Waals surface area (Å²) in [6, 6.07) is 2.55. The third-order valence-electron chi connectivity index (χ3n) is 2.27. The largest absolute Gasteiger partial charge is 0.478 e. The zero-order chi connectivity index (χ0) is 13.3. The zero-order valence-corrected chi connectivity index (χ0v) is 9.65. The van der Waals surface area contributed by atoms with Crippen molar-refractivity contribution in [3.63, 3.8) is 0 Å². The van der Waals surface area contributed by atoms with Crippen molar-refractivity contribution >= 4 is 23.3 Å². The van der Waals surface area contributed by atoms with Crippen LogP contribution in [0.25, 0.3) is 11.1 Å². The number of aromatic carboxylic acids is 2. The molecule has 0 amide bonds. The lowest BCUT2D eigenvalue weighted by Gasteiger charge is -1.98. The summed E-state index contributed by atoms with van der Waals surface area (Å²) in [5, 5.41) is 19.1. The Bertz CT molecular complexity index is 685. The third kappa shape index (κ3) is 2.16. The van der Waals surface area contributed by atoms with Crippen molar-refractivity contribution in [3.05, 3.63) is 44.5 Å². The fraction of sp³-hybridized carbons (Fsp3) is 0. The molecule has 0 saturated heterocycles. The Balaban J connectivity index is 2.55. The molecule has 0 aromatic carbocycles. The van der Waals surface area contributed by atoms with Gasteiger partial charge in [-0.15, -0.1) is 11.3 Å². The van der Waals surface area contributed by atoms with Crippen LogP contribution in [0.1, 0.15) is 20.0 Å². The number of pyridine rings is 1. The first-order valence-electron chi connectivity index (χ1n) is 4.77. The van der Waals surface area contributed by atoms with Crippen LogP contribution in [0, 0.1) is 0 Å². The number of aromatic amines is 1. The van der Waals surface area contributed by atoms with Crippen molar-refractivity contribution in [2.75, 3.05) is 0 Å². The highest BCUT2D eigenvalue weighted by Gasteiger charge is 2.13. The van der Waals surface area contributed by atoms with E-state index in [-0.39, 0.29) is 16.0 Å². The summed E-state index contributed by atoms with van der Waals surface area (Å²) in [5.74, 6) is -2.25. The predicted octanol–water partition coefficient (Wildman–Crippen LogP) is 1.50. The SMILES string of the molecule is O=C(O)c1c[nH]c(=O)c(-c2csc(C(=O)O)c2)c1. The number of carboxylic acid groups (broad SMARTS) is 2. The van der Waals surface area contributed by atoms with E-state index in [9.17, 15) is 14.4 Å². The molecule has 0 fully saturated rings. The van der Waals surface area contributed by atoms with Gasteiger partial charge in [0.2, 0.25) is 0 Å². The first-order chi connectivity index (χ1) is 8.49. The molecule has 0 unspecified atom stereocenters. The lowest BCUT2D eigenvalue weighted by atomic mass is 10.1. The molecular formula is C11H7NO5S. The maximum absolute atomic E-state index is 11.6. The van der Waals surface area contributed by atoms with Crippen molar-refractivity contribution in [2.24, 2.45) is 0 Å². The summed E-state index contributed by atoms with van der Waals surface area (Å²) < 4.78 is 0. The minimum absolute atomic E-state index is 0.0623. The maximum atomic E-state index is 11.6. The molecule has 0 aliphatic carbocycles. The average Bonchev–Trinajstić information content (AvgIpc) is 2.78. The van der Waals surface area contributed by atoms with Crippen molar-refractivity contribution in [3.8, 4) is 11.1 Å². The van der Waals surface area contributed by atoms with Gasteiger partial charge < -0.3 is 15.2 Å². The quantitative estimate of drug-likeness (QED) is 0.779. The molecule has 0 atom stereocenters. The Labute approximate surface area is 104 Å². The molecule has 0 saturated carbocycles. The van der Waals surface area contributed by atoms with Gasteiger partial charge in [-0.2, -0.15) is 0 Å². The molecule has 2 rings (SSSR count). The van der Waals surface area contributed by atoms with Gasteiger partial charge in [0.05, 0.1) is 5.56 Å². The minimum Gasteiger partial charge on any atom is -0.478 e.